The lowest BCUT2D eigenvalue weighted by Gasteiger charge is -2.37. The van der Waals surface area contributed by atoms with Crippen LogP contribution < -0.4 is 10.1 Å². The number of aliphatic hydroxyl groups excluding tert-OH is 1. The van der Waals surface area contributed by atoms with Gasteiger partial charge < -0.3 is 15.2 Å². The van der Waals surface area contributed by atoms with Gasteiger partial charge in [0.25, 0.3) is 0 Å². The molecule has 1 aromatic rings. The molecular weight excluding hydrogens is 228 g/mol. The maximum Gasteiger partial charge on any atom is 0.160 e. The van der Waals surface area contributed by atoms with Gasteiger partial charge in [0.05, 0.1) is 31.1 Å². The van der Waals surface area contributed by atoms with E-state index in [4.69, 9.17) is 4.74 Å². The zero-order valence-corrected chi connectivity index (χ0v) is 11.2. The third kappa shape index (κ3) is 2.75. The Kier molecular flexibility index (Phi) is 4.07. The lowest BCUT2D eigenvalue weighted by molar-refractivity contribution is 0.172. The molecule has 0 aromatic carbocycles. The monoisotopic (exact) mass is 250 g/mol. The number of hydrogen-bond donors (Lipinski definition) is 2. The Bertz CT molecular complexity index is 401. The van der Waals surface area contributed by atoms with Crippen LogP contribution in [0.25, 0.3) is 0 Å². The molecule has 1 saturated carbocycles. The quantitative estimate of drug-likeness (QED) is 0.862. The maximum atomic E-state index is 9.72. The van der Waals surface area contributed by atoms with Gasteiger partial charge in [-0.1, -0.05) is 19.3 Å². The number of nitrogens with zero attached hydrogens (tertiary/aromatic N) is 1. The van der Waals surface area contributed by atoms with Crippen molar-refractivity contribution >= 4 is 5.69 Å². The second-order valence-corrected chi connectivity index (χ2v) is 5.15. The molecule has 0 spiro atoms. The highest BCUT2D eigenvalue weighted by Gasteiger charge is 2.31. The predicted octanol–water partition coefficient (Wildman–Crippen LogP) is 2.51. The number of aryl methyl sites for hydroxylation is 1. The lowest BCUT2D eigenvalue weighted by Crippen LogP contribution is -2.43. The van der Waals surface area contributed by atoms with Crippen molar-refractivity contribution in [2.24, 2.45) is 0 Å². The minimum atomic E-state index is -0.195. The molecule has 2 rings (SSSR count). The number of aliphatic hydroxyl groups is 1. The average molecular weight is 250 g/mol. The van der Waals surface area contributed by atoms with E-state index in [9.17, 15) is 5.11 Å². The molecule has 0 amide bonds. The van der Waals surface area contributed by atoms with Crippen LogP contribution in [-0.4, -0.2) is 29.3 Å². The van der Waals surface area contributed by atoms with E-state index in [0.29, 0.717) is 0 Å². The largest absolute Gasteiger partial charge is 0.493 e. The first-order chi connectivity index (χ1) is 8.69. The zero-order chi connectivity index (χ0) is 13.0. The lowest BCUT2D eigenvalue weighted by atomic mass is 9.82. The Morgan fingerprint density at radius 3 is 2.72 bits per heavy atom. The number of aromatic nitrogens is 1. The molecule has 0 radical (unpaired) electrons. The first kappa shape index (κ1) is 13.1. The molecule has 2 N–H and O–H groups in total. The van der Waals surface area contributed by atoms with Crippen LogP contribution in [0.15, 0.2) is 12.3 Å². The summed E-state index contributed by atoms with van der Waals surface area (Å²) in [5.74, 6) is 0.735. The Hall–Kier alpha value is -1.29. The third-order valence-corrected chi connectivity index (χ3v) is 3.74. The van der Waals surface area contributed by atoms with Crippen LogP contribution in [0.3, 0.4) is 0 Å². The first-order valence-corrected chi connectivity index (χ1v) is 6.59. The molecule has 0 atom stereocenters. The van der Waals surface area contributed by atoms with Crippen LogP contribution in [0.4, 0.5) is 5.69 Å². The Morgan fingerprint density at radius 1 is 1.39 bits per heavy atom. The average Bonchev–Trinajstić information content (AvgIpc) is 2.40. The molecule has 4 heteroatoms. The molecule has 1 aliphatic carbocycles. The fraction of sp³-hybridized carbons (Fsp3) is 0.643. The summed E-state index contributed by atoms with van der Waals surface area (Å²) in [7, 11) is 1.64. The van der Waals surface area contributed by atoms with Gasteiger partial charge in [0.1, 0.15) is 0 Å². The minimum absolute atomic E-state index is 0.164. The van der Waals surface area contributed by atoms with E-state index in [1.54, 1.807) is 13.3 Å². The van der Waals surface area contributed by atoms with Crippen molar-refractivity contribution < 1.29 is 9.84 Å². The van der Waals surface area contributed by atoms with E-state index >= 15 is 0 Å². The van der Waals surface area contributed by atoms with Crippen molar-refractivity contribution in [2.45, 2.75) is 44.6 Å². The minimum Gasteiger partial charge on any atom is -0.493 e. The van der Waals surface area contributed by atoms with Crippen molar-refractivity contribution in [1.29, 1.82) is 0 Å². The van der Waals surface area contributed by atoms with Gasteiger partial charge in [0.15, 0.2) is 5.75 Å². The third-order valence-electron chi connectivity index (χ3n) is 3.74. The first-order valence-electron chi connectivity index (χ1n) is 6.59. The summed E-state index contributed by atoms with van der Waals surface area (Å²) in [5.41, 5.74) is 1.68. The summed E-state index contributed by atoms with van der Waals surface area (Å²) in [4.78, 5) is 4.22. The highest BCUT2D eigenvalue weighted by molar-refractivity contribution is 5.57. The smallest absolute Gasteiger partial charge is 0.160 e. The van der Waals surface area contributed by atoms with E-state index in [1.165, 1.54) is 19.3 Å². The van der Waals surface area contributed by atoms with Crippen LogP contribution in [0.2, 0.25) is 0 Å². The van der Waals surface area contributed by atoms with Crippen LogP contribution >= 0.6 is 0 Å². The van der Waals surface area contributed by atoms with Gasteiger partial charge in [-0.15, -0.1) is 0 Å². The molecule has 1 aromatic heterocycles. The number of hydrogen-bond acceptors (Lipinski definition) is 4. The van der Waals surface area contributed by atoms with Crippen molar-refractivity contribution in [3.8, 4) is 5.75 Å². The highest BCUT2D eigenvalue weighted by atomic mass is 16.5. The zero-order valence-electron chi connectivity index (χ0n) is 11.2. The SMILES string of the molecule is COc1cnc(C)cc1NC1(CO)CCCCC1. The molecule has 0 unspecified atom stereocenters. The fourth-order valence-electron chi connectivity index (χ4n) is 2.64. The maximum absolute atomic E-state index is 9.72. The van der Waals surface area contributed by atoms with Gasteiger partial charge in [-0.05, 0) is 25.8 Å². The van der Waals surface area contributed by atoms with Gasteiger partial charge in [0, 0.05) is 5.69 Å². The van der Waals surface area contributed by atoms with Crippen molar-refractivity contribution in [2.75, 3.05) is 19.0 Å². The molecular formula is C14H22N2O2. The molecule has 18 heavy (non-hydrogen) atoms. The van der Waals surface area contributed by atoms with Crippen LogP contribution in [0, 0.1) is 6.92 Å². The summed E-state index contributed by atoms with van der Waals surface area (Å²) in [6, 6.07) is 1.98. The fourth-order valence-corrected chi connectivity index (χ4v) is 2.64. The number of methoxy groups -OCH3 is 1. The molecule has 0 saturated heterocycles. The number of anilines is 1. The van der Waals surface area contributed by atoms with Crippen molar-refractivity contribution in [1.82, 2.24) is 4.98 Å². The predicted molar refractivity (Wildman–Crippen MR) is 72.1 cm³/mol. The molecule has 100 valence electrons. The number of nitrogens with one attached hydrogen (secondary N) is 1. The molecule has 1 aliphatic rings. The summed E-state index contributed by atoms with van der Waals surface area (Å²) < 4.78 is 5.32. The second-order valence-electron chi connectivity index (χ2n) is 5.15. The normalized spacial score (nSPS) is 18.4. The van der Waals surface area contributed by atoms with Crippen LogP contribution in [0.5, 0.6) is 5.75 Å². The van der Waals surface area contributed by atoms with Crippen LogP contribution in [-0.2, 0) is 0 Å². The van der Waals surface area contributed by atoms with Gasteiger partial charge in [-0.2, -0.15) is 0 Å². The van der Waals surface area contributed by atoms with Crippen LogP contribution in [0.1, 0.15) is 37.8 Å². The molecule has 1 fully saturated rings. The summed E-state index contributed by atoms with van der Waals surface area (Å²) >= 11 is 0. The highest BCUT2D eigenvalue weighted by Crippen LogP contribution is 2.34. The Labute approximate surface area is 108 Å². The van der Waals surface area contributed by atoms with Crippen molar-refractivity contribution in [3.63, 3.8) is 0 Å². The number of ether oxygens (including phenoxy) is 1. The summed E-state index contributed by atoms with van der Waals surface area (Å²) in [6.07, 6.45) is 7.34. The second kappa shape index (κ2) is 5.57. The van der Waals surface area contributed by atoms with E-state index in [2.05, 4.69) is 10.3 Å². The van der Waals surface area contributed by atoms with Gasteiger partial charge in [-0.25, -0.2) is 0 Å². The number of pyridine rings is 1. The van der Waals surface area contributed by atoms with E-state index in [-0.39, 0.29) is 12.1 Å². The Balaban J connectivity index is 2.23. The van der Waals surface area contributed by atoms with E-state index in [1.807, 2.05) is 13.0 Å². The molecule has 0 bridgehead atoms. The van der Waals surface area contributed by atoms with E-state index < -0.39 is 0 Å². The topological polar surface area (TPSA) is 54.4 Å². The number of rotatable bonds is 4. The molecule has 1 heterocycles. The summed E-state index contributed by atoms with van der Waals surface area (Å²) in [5, 5.41) is 13.2. The molecule has 4 nitrogen and oxygen atoms in total. The standard InChI is InChI=1S/C14H22N2O2/c1-11-8-12(13(18-2)9-15-11)16-14(10-17)6-4-3-5-7-14/h8-9,17H,3-7,10H2,1-2H3,(H,15,16). The molecule has 0 aliphatic heterocycles. The van der Waals surface area contributed by atoms with Gasteiger partial charge >= 0.3 is 0 Å². The van der Waals surface area contributed by atoms with Gasteiger partial charge in [0.2, 0.25) is 0 Å². The summed E-state index contributed by atoms with van der Waals surface area (Å²) in [6.45, 7) is 2.12. The Morgan fingerprint density at radius 2 is 2.11 bits per heavy atom. The van der Waals surface area contributed by atoms with Crippen molar-refractivity contribution in [3.05, 3.63) is 18.0 Å². The van der Waals surface area contributed by atoms with E-state index in [0.717, 1.165) is 30.0 Å². The van der Waals surface area contributed by atoms with Gasteiger partial charge in [-0.3, -0.25) is 4.98 Å².